The van der Waals surface area contributed by atoms with E-state index < -0.39 is 0 Å². The highest BCUT2D eigenvalue weighted by molar-refractivity contribution is 5.14. The van der Waals surface area contributed by atoms with Crippen LogP contribution in [0.5, 0.6) is 0 Å². The molecule has 1 aromatic rings. The van der Waals surface area contributed by atoms with Crippen LogP contribution >= 0.6 is 0 Å². The molecule has 1 N–H and O–H groups in total. The van der Waals surface area contributed by atoms with E-state index in [0.717, 1.165) is 26.3 Å². The third-order valence-corrected chi connectivity index (χ3v) is 4.16. The normalized spacial score (nSPS) is 18.4. The van der Waals surface area contributed by atoms with Gasteiger partial charge >= 0.3 is 0 Å². The Kier molecular flexibility index (Phi) is 5.87. The number of rotatable bonds is 7. The minimum atomic E-state index is 0.456. The van der Waals surface area contributed by atoms with Crippen molar-refractivity contribution in [3.8, 4) is 0 Å². The maximum atomic E-state index is 5.43. The van der Waals surface area contributed by atoms with Crippen molar-refractivity contribution in [2.24, 2.45) is 5.41 Å². The van der Waals surface area contributed by atoms with Gasteiger partial charge < -0.3 is 10.1 Å². The maximum Gasteiger partial charge on any atom is 0.0471 e. The second kappa shape index (κ2) is 7.66. The molecule has 0 bridgehead atoms. The van der Waals surface area contributed by atoms with Gasteiger partial charge in [-0.3, -0.25) is 0 Å². The number of benzene rings is 1. The number of aryl methyl sites for hydroxylation is 1. The van der Waals surface area contributed by atoms with Crippen molar-refractivity contribution in [2.45, 2.75) is 39.0 Å². The van der Waals surface area contributed by atoms with E-state index in [4.69, 9.17) is 4.74 Å². The Morgan fingerprint density at radius 3 is 2.58 bits per heavy atom. The van der Waals surface area contributed by atoms with Gasteiger partial charge in [0, 0.05) is 19.8 Å². The molecule has 0 spiro atoms. The van der Waals surface area contributed by atoms with E-state index in [-0.39, 0.29) is 0 Å². The fourth-order valence-corrected chi connectivity index (χ4v) is 2.65. The second-order valence-corrected chi connectivity index (χ2v) is 6.04. The van der Waals surface area contributed by atoms with Crippen LogP contribution in [0.1, 0.15) is 38.2 Å². The summed E-state index contributed by atoms with van der Waals surface area (Å²) in [6.07, 6.45) is 6.14. The highest BCUT2D eigenvalue weighted by Gasteiger charge is 2.26. The molecule has 1 fully saturated rings. The molecule has 2 heteroatoms. The molecule has 0 aromatic heterocycles. The average Bonchev–Trinajstić information content (AvgIpc) is 2.44. The molecule has 106 valence electrons. The van der Waals surface area contributed by atoms with Crippen molar-refractivity contribution < 1.29 is 4.74 Å². The zero-order valence-electron chi connectivity index (χ0n) is 12.2. The van der Waals surface area contributed by atoms with Crippen LogP contribution in [0.2, 0.25) is 0 Å². The quantitative estimate of drug-likeness (QED) is 0.759. The van der Waals surface area contributed by atoms with Gasteiger partial charge in [-0.2, -0.15) is 0 Å². The molecule has 0 saturated carbocycles. The Hall–Kier alpha value is -0.860. The van der Waals surface area contributed by atoms with Gasteiger partial charge in [-0.1, -0.05) is 37.3 Å². The largest absolute Gasteiger partial charge is 0.381 e. The summed E-state index contributed by atoms with van der Waals surface area (Å²) in [5, 5.41) is 3.63. The van der Waals surface area contributed by atoms with Crippen LogP contribution in [0.25, 0.3) is 0 Å². The molecule has 1 aliphatic heterocycles. The summed E-state index contributed by atoms with van der Waals surface area (Å²) >= 11 is 0. The average molecular weight is 261 g/mol. The van der Waals surface area contributed by atoms with Crippen LogP contribution in [0.15, 0.2) is 30.3 Å². The minimum absolute atomic E-state index is 0.456. The highest BCUT2D eigenvalue weighted by Crippen LogP contribution is 2.28. The molecule has 0 radical (unpaired) electrons. The summed E-state index contributed by atoms with van der Waals surface area (Å²) in [6, 6.07) is 10.8. The lowest BCUT2D eigenvalue weighted by molar-refractivity contribution is 0.0242. The Labute approximate surface area is 117 Å². The molecule has 0 atom stereocenters. The molecule has 1 saturated heterocycles. The van der Waals surface area contributed by atoms with Gasteiger partial charge in [0.2, 0.25) is 0 Å². The van der Waals surface area contributed by atoms with Crippen LogP contribution in [-0.2, 0) is 11.2 Å². The predicted molar refractivity (Wildman–Crippen MR) is 80.4 cm³/mol. The number of ether oxygens (including phenoxy) is 1. The van der Waals surface area contributed by atoms with Crippen molar-refractivity contribution in [1.82, 2.24) is 5.32 Å². The second-order valence-electron chi connectivity index (χ2n) is 6.04. The van der Waals surface area contributed by atoms with Crippen LogP contribution in [0.3, 0.4) is 0 Å². The van der Waals surface area contributed by atoms with E-state index >= 15 is 0 Å². The number of nitrogens with one attached hydrogen (secondary N) is 1. The van der Waals surface area contributed by atoms with Crippen molar-refractivity contribution in [2.75, 3.05) is 26.3 Å². The maximum absolute atomic E-state index is 5.43. The summed E-state index contributed by atoms with van der Waals surface area (Å²) in [6.45, 7) is 6.54. The molecule has 19 heavy (non-hydrogen) atoms. The Bertz CT molecular complexity index is 344. The lowest BCUT2D eigenvalue weighted by Crippen LogP contribution is -2.37. The van der Waals surface area contributed by atoms with Gasteiger partial charge in [0.05, 0.1) is 0 Å². The first kappa shape index (κ1) is 14.5. The molecule has 1 heterocycles. The van der Waals surface area contributed by atoms with Gasteiger partial charge in [-0.15, -0.1) is 0 Å². The molecular weight excluding hydrogens is 234 g/mol. The topological polar surface area (TPSA) is 21.3 Å². The number of unbranched alkanes of at least 4 members (excludes halogenated alkanes) is 1. The summed E-state index contributed by atoms with van der Waals surface area (Å²) in [5.74, 6) is 0. The van der Waals surface area contributed by atoms with Crippen LogP contribution < -0.4 is 5.32 Å². The third-order valence-electron chi connectivity index (χ3n) is 4.16. The van der Waals surface area contributed by atoms with E-state index in [2.05, 4.69) is 42.6 Å². The minimum Gasteiger partial charge on any atom is -0.381 e. The molecule has 1 aliphatic rings. The molecule has 1 aromatic carbocycles. The van der Waals surface area contributed by atoms with Crippen molar-refractivity contribution in [1.29, 1.82) is 0 Å². The third kappa shape index (κ3) is 5.33. The van der Waals surface area contributed by atoms with Gasteiger partial charge in [-0.25, -0.2) is 0 Å². The van der Waals surface area contributed by atoms with Crippen LogP contribution in [0.4, 0.5) is 0 Å². The molecule has 0 amide bonds. The molecule has 0 aliphatic carbocycles. The summed E-state index contributed by atoms with van der Waals surface area (Å²) in [7, 11) is 0. The van der Waals surface area contributed by atoms with E-state index in [1.807, 2.05) is 0 Å². The Balaban J connectivity index is 1.52. The van der Waals surface area contributed by atoms with E-state index in [0.29, 0.717) is 5.41 Å². The lowest BCUT2D eigenvalue weighted by Gasteiger charge is -2.33. The van der Waals surface area contributed by atoms with E-state index in [9.17, 15) is 0 Å². The monoisotopic (exact) mass is 261 g/mol. The van der Waals surface area contributed by atoms with Gasteiger partial charge in [0.15, 0.2) is 0 Å². The van der Waals surface area contributed by atoms with E-state index in [1.165, 1.54) is 37.7 Å². The standard InChI is InChI=1S/C17H27NO/c1-17(10-13-19-14-11-17)15-18-12-6-5-9-16-7-3-2-4-8-16/h2-4,7-8,18H,5-6,9-15H2,1H3. The molecule has 2 nitrogen and oxygen atoms in total. The SMILES string of the molecule is CC1(CNCCCCc2ccccc2)CCOCC1. The highest BCUT2D eigenvalue weighted by atomic mass is 16.5. The zero-order valence-corrected chi connectivity index (χ0v) is 12.2. The first-order valence-electron chi connectivity index (χ1n) is 7.61. The summed E-state index contributed by atoms with van der Waals surface area (Å²) in [4.78, 5) is 0. The summed E-state index contributed by atoms with van der Waals surface area (Å²) < 4.78 is 5.43. The lowest BCUT2D eigenvalue weighted by atomic mass is 9.82. The van der Waals surface area contributed by atoms with Gasteiger partial charge in [0.1, 0.15) is 0 Å². The first-order valence-corrected chi connectivity index (χ1v) is 7.61. The van der Waals surface area contributed by atoms with Crippen molar-refractivity contribution in [3.05, 3.63) is 35.9 Å². The van der Waals surface area contributed by atoms with Crippen LogP contribution in [-0.4, -0.2) is 26.3 Å². The van der Waals surface area contributed by atoms with Gasteiger partial charge in [0.25, 0.3) is 0 Å². The first-order chi connectivity index (χ1) is 9.29. The van der Waals surface area contributed by atoms with Gasteiger partial charge in [-0.05, 0) is 49.6 Å². The number of hydrogen-bond acceptors (Lipinski definition) is 2. The van der Waals surface area contributed by atoms with Crippen LogP contribution in [0, 0.1) is 5.41 Å². The molecule has 0 unspecified atom stereocenters. The number of hydrogen-bond donors (Lipinski definition) is 1. The zero-order chi connectivity index (χ0) is 13.4. The molecular formula is C17H27NO. The van der Waals surface area contributed by atoms with Crippen molar-refractivity contribution in [3.63, 3.8) is 0 Å². The molecule has 2 rings (SSSR count). The predicted octanol–water partition coefficient (Wildman–Crippen LogP) is 3.42. The summed E-state index contributed by atoms with van der Waals surface area (Å²) in [5.41, 5.74) is 1.91. The smallest absolute Gasteiger partial charge is 0.0471 e. The van der Waals surface area contributed by atoms with Crippen molar-refractivity contribution >= 4 is 0 Å². The Morgan fingerprint density at radius 1 is 1.11 bits per heavy atom. The fraction of sp³-hybridized carbons (Fsp3) is 0.647. The Morgan fingerprint density at radius 2 is 1.84 bits per heavy atom. The van der Waals surface area contributed by atoms with E-state index in [1.54, 1.807) is 0 Å². The fourth-order valence-electron chi connectivity index (χ4n) is 2.65.